The fourth-order valence-electron chi connectivity index (χ4n) is 2.44. The van der Waals surface area contributed by atoms with Crippen molar-refractivity contribution in [1.29, 1.82) is 0 Å². The third-order valence-electron chi connectivity index (χ3n) is 3.62. The molecule has 26 heavy (non-hydrogen) atoms. The first-order valence-electron chi connectivity index (χ1n) is 7.80. The predicted octanol–water partition coefficient (Wildman–Crippen LogP) is 3.71. The van der Waals surface area contributed by atoms with Gasteiger partial charge in [-0.25, -0.2) is 9.37 Å². The molecule has 2 aromatic carbocycles. The average molecular weight is 372 g/mol. The second-order valence-corrected chi connectivity index (χ2v) is 6.93. The molecule has 3 rings (SSSR count). The lowest BCUT2D eigenvalue weighted by Crippen LogP contribution is -2.14. The standard InChI is InChI=1S/C18H17FN4O2S/c1-10(24)20-12-5-6-14-16(9-12)26-18(21-14)22-17(25)11-4-7-15(23(2)3)13(19)8-11/h4-9H,1-3H3,(H,20,24)(H,21,22,25). The number of thiazole rings is 1. The molecule has 134 valence electrons. The molecule has 6 nitrogen and oxygen atoms in total. The average Bonchev–Trinajstić information content (AvgIpc) is 2.95. The number of rotatable bonds is 4. The number of benzene rings is 2. The first kappa shape index (κ1) is 17.8. The number of nitrogens with zero attached hydrogens (tertiary/aromatic N) is 2. The first-order chi connectivity index (χ1) is 12.3. The van der Waals surface area contributed by atoms with Crippen molar-refractivity contribution in [3.63, 3.8) is 0 Å². The topological polar surface area (TPSA) is 74.3 Å². The van der Waals surface area contributed by atoms with Gasteiger partial charge in [-0.15, -0.1) is 0 Å². The van der Waals surface area contributed by atoms with Gasteiger partial charge in [-0.2, -0.15) is 0 Å². The molecule has 0 bridgehead atoms. The van der Waals surface area contributed by atoms with E-state index in [4.69, 9.17) is 0 Å². The van der Waals surface area contributed by atoms with Gasteiger partial charge in [-0.3, -0.25) is 14.9 Å². The maximum absolute atomic E-state index is 14.0. The summed E-state index contributed by atoms with van der Waals surface area (Å²) in [6.07, 6.45) is 0. The van der Waals surface area contributed by atoms with Crippen LogP contribution in [0.2, 0.25) is 0 Å². The zero-order valence-electron chi connectivity index (χ0n) is 14.5. The van der Waals surface area contributed by atoms with Gasteiger partial charge in [-0.05, 0) is 36.4 Å². The maximum atomic E-state index is 14.0. The number of halogens is 1. The van der Waals surface area contributed by atoms with Crippen molar-refractivity contribution in [2.45, 2.75) is 6.92 Å². The van der Waals surface area contributed by atoms with Crippen LogP contribution in [0.25, 0.3) is 10.2 Å². The van der Waals surface area contributed by atoms with E-state index in [1.165, 1.54) is 24.3 Å². The lowest BCUT2D eigenvalue weighted by atomic mass is 10.2. The van der Waals surface area contributed by atoms with Gasteiger partial charge in [0.2, 0.25) is 5.91 Å². The summed E-state index contributed by atoms with van der Waals surface area (Å²) in [6.45, 7) is 1.43. The Hall–Kier alpha value is -3.00. The summed E-state index contributed by atoms with van der Waals surface area (Å²) in [7, 11) is 3.46. The second-order valence-electron chi connectivity index (χ2n) is 5.90. The Morgan fingerprint density at radius 3 is 2.54 bits per heavy atom. The van der Waals surface area contributed by atoms with Crippen LogP contribution in [0.1, 0.15) is 17.3 Å². The minimum Gasteiger partial charge on any atom is -0.375 e. The van der Waals surface area contributed by atoms with Gasteiger partial charge in [0.15, 0.2) is 5.13 Å². The van der Waals surface area contributed by atoms with Crippen molar-refractivity contribution in [1.82, 2.24) is 4.98 Å². The van der Waals surface area contributed by atoms with Crippen LogP contribution in [0, 0.1) is 5.82 Å². The van der Waals surface area contributed by atoms with E-state index >= 15 is 0 Å². The Morgan fingerprint density at radius 1 is 1.12 bits per heavy atom. The molecule has 0 aliphatic rings. The largest absolute Gasteiger partial charge is 0.375 e. The summed E-state index contributed by atoms with van der Waals surface area (Å²) >= 11 is 1.28. The van der Waals surface area contributed by atoms with Crippen LogP contribution < -0.4 is 15.5 Å². The molecule has 0 spiro atoms. The molecule has 0 aliphatic carbocycles. The van der Waals surface area contributed by atoms with Gasteiger partial charge >= 0.3 is 0 Å². The van der Waals surface area contributed by atoms with Crippen LogP contribution in [0.5, 0.6) is 0 Å². The number of amides is 2. The number of hydrogen-bond acceptors (Lipinski definition) is 5. The van der Waals surface area contributed by atoms with E-state index in [0.717, 1.165) is 4.70 Å². The molecule has 0 saturated heterocycles. The number of hydrogen-bond donors (Lipinski definition) is 2. The van der Waals surface area contributed by atoms with E-state index in [-0.39, 0.29) is 11.5 Å². The van der Waals surface area contributed by atoms with Crippen LogP contribution in [0.4, 0.5) is 20.9 Å². The highest BCUT2D eigenvalue weighted by molar-refractivity contribution is 7.22. The molecule has 2 N–H and O–H groups in total. The highest BCUT2D eigenvalue weighted by Crippen LogP contribution is 2.29. The van der Waals surface area contributed by atoms with Gasteiger partial charge in [0.05, 0.1) is 15.9 Å². The van der Waals surface area contributed by atoms with E-state index in [1.54, 1.807) is 49.3 Å². The van der Waals surface area contributed by atoms with Crippen molar-refractivity contribution < 1.29 is 14.0 Å². The summed E-state index contributed by atoms with van der Waals surface area (Å²) in [5.74, 6) is -1.06. The summed E-state index contributed by atoms with van der Waals surface area (Å²) < 4.78 is 14.9. The number of anilines is 3. The van der Waals surface area contributed by atoms with Gasteiger partial charge < -0.3 is 10.2 Å². The van der Waals surface area contributed by atoms with Crippen LogP contribution in [-0.2, 0) is 4.79 Å². The monoisotopic (exact) mass is 372 g/mol. The molecule has 0 aliphatic heterocycles. The van der Waals surface area contributed by atoms with E-state index in [9.17, 15) is 14.0 Å². The molecule has 2 amide bonds. The molecule has 3 aromatic rings. The highest BCUT2D eigenvalue weighted by Gasteiger charge is 2.13. The molecule has 1 aromatic heterocycles. The van der Waals surface area contributed by atoms with E-state index in [2.05, 4.69) is 15.6 Å². The summed E-state index contributed by atoms with van der Waals surface area (Å²) in [4.78, 5) is 29.5. The predicted molar refractivity (Wildman–Crippen MR) is 103 cm³/mol. The second kappa shape index (κ2) is 7.09. The van der Waals surface area contributed by atoms with Crippen molar-refractivity contribution in [2.75, 3.05) is 29.6 Å². The van der Waals surface area contributed by atoms with Crippen molar-refractivity contribution >= 4 is 49.9 Å². The number of aromatic nitrogens is 1. The number of carbonyl (C=O) groups is 2. The molecule has 0 saturated carbocycles. The third-order valence-corrected chi connectivity index (χ3v) is 4.55. The summed E-state index contributed by atoms with van der Waals surface area (Å²) in [5.41, 5.74) is 1.99. The SMILES string of the molecule is CC(=O)Nc1ccc2nc(NC(=O)c3ccc(N(C)C)c(F)c3)sc2c1. The third kappa shape index (κ3) is 3.80. The van der Waals surface area contributed by atoms with Crippen LogP contribution in [0.15, 0.2) is 36.4 Å². The molecule has 0 radical (unpaired) electrons. The van der Waals surface area contributed by atoms with E-state index < -0.39 is 11.7 Å². The normalized spacial score (nSPS) is 10.6. The summed E-state index contributed by atoms with van der Waals surface area (Å²) in [5, 5.41) is 5.79. The maximum Gasteiger partial charge on any atom is 0.257 e. The smallest absolute Gasteiger partial charge is 0.257 e. The lowest BCUT2D eigenvalue weighted by Gasteiger charge is -2.13. The Balaban J connectivity index is 1.80. The van der Waals surface area contributed by atoms with Crippen LogP contribution in [0.3, 0.4) is 0 Å². The van der Waals surface area contributed by atoms with E-state index in [1.807, 2.05) is 0 Å². The van der Waals surface area contributed by atoms with Gasteiger partial charge in [0.25, 0.3) is 5.91 Å². The first-order valence-corrected chi connectivity index (χ1v) is 8.61. The molecule has 8 heteroatoms. The molecule has 0 unspecified atom stereocenters. The minimum atomic E-state index is -0.466. The Bertz CT molecular complexity index is 1000. The van der Waals surface area contributed by atoms with Gasteiger partial charge in [0.1, 0.15) is 5.82 Å². The molecular weight excluding hydrogens is 355 g/mol. The minimum absolute atomic E-state index is 0.161. The quantitative estimate of drug-likeness (QED) is 0.732. The number of fused-ring (bicyclic) bond motifs is 1. The Kier molecular flexibility index (Phi) is 4.85. The lowest BCUT2D eigenvalue weighted by molar-refractivity contribution is -0.114. The van der Waals surface area contributed by atoms with Crippen LogP contribution >= 0.6 is 11.3 Å². The zero-order valence-corrected chi connectivity index (χ0v) is 15.3. The van der Waals surface area contributed by atoms with Crippen LogP contribution in [-0.4, -0.2) is 30.9 Å². The fraction of sp³-hybridized carbons (Fsp3) is 0.167. The molecule has 0 atom stereocenters. The summed E-state index contributed by atoms with van der Waals surface area (Å²) in [6, 6.07) is 9.61. The van der Waals surface area contributed by atoms with Crippen molar-refractivity contribution in [3.8, 4) is 0 Å². The molecular formula is C18H17FN4O2S. The van der Waals surface area contributed by atoms with Gasteiger partial charge in [-0.1, -0.05) is 11.3 Å². The van der Waals surface area contributed by atoms with Crippen molar-refractivity contribution in [3.05, 3.63) is 47.8 Å². The fourth-order valence-corrected chi connectivity index (χ4v) is 3.34. The van der Waals surface area contributed by atoms with Crippen molar-refractivity contribution in [2.24, 2.45) is 0 Å². The number of carbonyl (C=O) groups excluding carboxylic acids is 2. The van der Waals surface area contributed by atoms with Gasteiger partial charge in [0, 0.05) is 32.3 Å². The molecule has 1 heterocycles. The number of nitrogens with one attached hydrogen (secondary N) is 2. The molecule has 0 fully saturated rings. The Morgan fingerprint density at radius 2 is 1.88 bits per heavy atom. The zero-order chi connectivity index (χ0) is 18.8. The van der Waals surface area contributed by atoms with E-state index in [0.29, 0.717) is 22.0 Å². The Labute approximate surface area is 153 Å². The highest BCUT2D eigenvalue weighted by atomic mass is 32.1.